The molecule has 11 heteroatoms. The van der Waals surface area contributed by atoms with Crippen LogP contribution >= 0.6 is 50.9 Å². The molecule has 3 aromatic rings. The number of amidine groups is 1. The molecule has 0 aliphatic carbocycles. The third-order valence-corrected chi connectivity index (χ3v) is 8.69. The zero-order valence-electron chi connectivity index (χ0n) is 22.1. The molecule has 2 fully saturated rings. The van der Waals surface area contributed by atoms with E-state index in [1.807, 2.05) is 49.4 Å². The van der Waals surface area contributed by atoms with Crippen LogP contribution < -0.4 is 4.74 Å². The molecule has 0 N–H and O–H groups in total. The molecular weight excluding hydrogens is 649 g/mol. The maximum Gasteiger partial charge on any atom is 0.266 e. The summed E-state index contributed by atoms with van der Waals surface area (Å²) in [5.41, 5.74) is 2.83. The molecule has 2 heterocycles. The van der Waals surface area contributed by atoms with Crippen LogP contribution in [0.4, 0.5) is 5.69 Å². The number of halogens is 3. The number of likely N-dealkylation sites (N-methyl/N-ethyl adjacent to an activating group) is 1. The molecule has 2 aliphatic heterocycles. The second kappa shape index (κ2) is 13.4. The third-order valence-electron chi connectivity index (χ3n) is 6.47. The average molecular weight is 675 g/mol. The van der Waals surface area contributed by atoms with Gasteiger partial charge in [0, 0.05) is 40.8 Å². The number of hydrogen-bond donors (Lipinski definition) is 0. The summed E-state index contributed by atoms with van der Waals surface area (Å²) in [4.78, 5) is 34.9. The number of rotatable bonds is 7. The molecule has 0 aromatic heterocycles. The molecule has 0 atom stereocenters. The Morgan fingerprint density at radius 2 is 1.93 bits per heavy atom. The lowest BCUT2D eigenvalue weighted by molar-refractivity contribution is -0.122. The van der Waals surface area contributed by atoms with Crippen molar-refractivity contribution in [3.05, 3.63) is 96.8 Å². The maximum absolute atomic E-state index is 13.2. The largest absolute Gasteiger partial charge is 0.488 e. The van der Waals surface area contributed by atoms with Crippen molar-refractivity contribution in [3.8, 4) is 5.75 Å². The normalized spacial score (nSPS) is 17.5. The van der Waals surface area contributed by atoms with Gasteiger partial charge in [-0.2, -0.15) is 0 Å². The summed E-state index contributed by atoms with van der Waals surface area (Å²) in [5, 5.41) is 1.68. The zero-order chi connectivity index (χ0) is 28.9. The summed E-state index contributed by atoms with van der Waals surface area (Å²) < 4.78 is 12.0. The molecule has 7 nitrogen and oxygen atoms in total. The van der Waals surface area contributed by atoms with E-state index in [1.54, 1.807) is 34.1 Å². The first-order valence-corrected chi connectivity index (χ1v) is 15.3. The van der Waals surface area contributed by atoms with Crippen molar-refractivity contribution < 1.29 is 19.1 Å². The topological polar surface area (TPSA) is 71.4 Å². The molecular formula is C30H26BrCl2N3O4S. The Balaban J connectivity index is 1.31. The van der Waals surface area contributed by atoms with E-state index in [1.165, 1.54) is 11.8 Å². The van der Waals surface area contributed by atoms with Crippen molar-refractivity contribution in [1.29, 1.82) is 0 Å². The monoisotopic (exact) mass is 673 g/mol. The molecule has 41 heavy (non-hydrogen) atoms. The van der Waals surface area contributed by atoms with E-state index in [0.29, 0.717) is 70.0 Å². The lowest BCUT2D eigenvalue weighted by atomic mass is 10.1. The van der Waals surface area contributed by atoms with E-state index in [2.05, 4.69) is 15.9 Å². The van der Waals surface area contributed by atoms with Crippen LogP contribution in [0.3, 0.4) is 0 Å². The average Bonchev–Trinajstić information content (AvgIpc) is 3.26. The van der Waals surface area contributed by atoms with Crippen LogP contribution in [-0.2, 0) is 16.1 Å². The third kappa shape index (κ3) is 7.16. The van der Waals surface area contributed by atoms with Crippen LogP contribution in [0.5, 0.6) is 5.75 Å². The highest BCUT2D eigenvalue weighted by molar-refractivity contribution is 9.10. The van der Waals surface area contributed by atoms with Crippen LogP contribution in [0.2, 0.25) is 10.0 Å². The number of benzene rings is 3. The minimum absolute atomic E-state index is 0.0484. The molecule has 0 bridgehead atoms. The molecule has 0 radical (unpaired) electrons. The number of carbonyl (C=O) groups is 2. The fraction of sp³-hybridized carbons (Fsp3) is 0.233. The van der Waals surface area contributed by atoms with E-state index in [9.17, 15) is 9.59 Å². The number of hydrogen-bond acceptors (Lipinski definition) is 6. The van der Waals surface area contributed by atoms with Gasteiger partial charge in [0.05, 0.1) is 28.3 Å². The Labute approximate surface area is 261 Å². The summed E-state index contributed by atoms with van der Waals surface area (Å²) in [6.45, 7) is 4.88. The standard InChI is InChI=1S/C30H26BrCl2N3O4S/c1-2-36-29(38)27(15-19-6-9-26(24(31)14-19)40-18-21-7-8-22(32)17-25(21)33)41-30(36)34-23-5-3-4-20(16-23)28(37)35-10-12-39-13-11-35/h3-9,14-17H,2,10-13,18H2,1H3/b27-15+,34-30?. The molecule has 0 unspecified atom stereocenters. The van der Waals surface area contributed by atoms with Crippen LogP contribution in [0.1, 0.15) is 28.4 Å². The van der Waals surface area contributed by atoms with Gasteiger partial charge in [0.2, 0.25) is 0 Å². The fourth-order valence-electron chi connectivity index (χ4n) is 4.31. The Morgan fingerprint density at radius 3 is 2.66 bits per heavy atom. The quantitative estimate of drug-likeness (QED) is 0.244. The lowest BCUT2D eigenvalue weighted by Crippen LogP contribution is -2.40. The molecule has 212 valence electrons. The number of ether oxygens (including phenoxy) is 2. The van der Waals surface area contributed by atoms with E-state index >= 15 is 0 Å². The zero-order valence-corrected chi connectivity index (χ0v) is 26.0. The second-order valence-corrected chi connectivity index (χ2v) is 11.9. The Hall–Kier alpha value is -2.82. The summed E-state index contributed by atoms with van der Waals surface area (Å²) in [5.74, 6) is 0.478. The van der Waals surface area contributed by atoms with Gasteiger partial charge in [-0.05, 0) is 88.7 Å². The molecule has 2 aliphatic rings. The number of amides is 2. The first-order chi connectivity index (χ1) is 19.8. The molecule has 2 saturated heterocycles. The van der Waals surface area contributed by atoms with Gasteiger partial charge in [-0.15, -0.1) is 0 Å². The SMILES string of the molecule is CCN1C(=O)/C(=C\c2ccc(OCc3ccc(Cl)cc3Cl)c(Br)c2)SC1=Nc1cccc(C(=O)N2CCOCC2)c1. The van der Waals surface area contributed by atoms with Gasteiger partial charge in [-0.1, -0.05) is 41.4 Å². The second-order valence-electron chi connectivity index (χ2n) is 9.22. The molecule has 3 aromatic carbocycles. The van der Waals surface area contributed by atoms with E-state index in [-0.39, 0.29) is 18.4 Å². The first-order valence-electron chi connectivity index (χ1n) is 13.0. The van der Waals surface area contributed by atoms with E-state index in [0.717, 1.165) is 15.6 Å². The predicted molar refractivity (Wildman–Crippen MR) is 168 cm³/mol. The predicted octanol–water partition coefficient (Wildman–Crippen LogP) is 7.43. The van der Waals surface area contributed by atoms with Gasteiger partial charge in [0.15, 0.2) is 5.17 Å². The highest BCUT2D eigenvalue weighted by Gasteiger charge is 2.32. The van der Waals surface area contributed by atoms with Gasteiger partial charge in [-0.25, -0.2) is 4.99 Å². The molecule has 2 amide bonds. The van der Waals surface area contributed by atoms with Crippen molar-refractivity contribution in [2.75, 3.05) is 32.8 Å². The highest BCUT2D eigenvalue weighted by Crippen LogP contribution is 2.36. The van der Waals surface area contributed by atoms with E-state index < -0.39 is 0 Å². The van der Waals surface area contributed by atoms with Crippen molar-refractivity contribution in [3.63, 3.8) is 0 Å². The van der Waals surface area contributed by atoms with Gasteiger partial charge in [-0.3, -0.25) is 14.5 Å². The van der Waals surface area contributed by atoms with Crippen molar-refractivity contribution in [2.24, 2.45) is 4.99 Å². The number of thioether (sulfide) groups is 1. The van der Waals surface area contributed by atoms with Gasteiger partial charge in [0.1, 0.15) is 12.4 Å². The molecule has 0 spiro atoms. The van der Waals surface area contributed by atoms with Crippen LogP contribution in [0, 0.1) is 0 Å². The van der Waals surface area contributed by atoms with Crippen LogP contribution in [0.15, 0.2) is 75.0 Å². The van der Waals surface area contributed by atoms with Crippen LogP contribution in [-0.4, -0.2) is 59.6 Å². The summed E-state index contributed by atoms with van der Waals surface area (Å²) in [7, 11) is 0. The maximum atomic E-state index is 13.2. The Bertz CT molecular complexity index is 1540. The minimum Gasteiger partial charge on any atom is -0.488 e. The summed E-state index contributed by atoms with van der Waals surface area (Å²) >= 11 is 17.1. The number of aliphatic imine (C=N–C) groups is 1. The molecule has 0 saturated carbocycles. The smallest absolute Gasteiger partial charge is 0.266 e. The van der Waals surface area contributed by atoms with Gasteiger partial charge < -0.3 is 14.4 Å². The van der Waals surface area contributed by atoms with Gasteiger partial charge in [0.25, 0.3) is 11.8 Å². The van der Waals surface area contributed by atoms with Crippen LogP contribution in [0.25, 0.3) is 6.08 Å². The summed E-state index contributed by atoms with van der Waals surface area (Å²) in [6.07, 6.45) is 1.83. The number of morpholine rings is 1. The highest BCUT2D eigenvalue weighted by atomic mass is 79.9. The first kappa shape index (κ1) is 29.7. The lowest BCUT2D eigenvalue weighted by Gasteiger charge is -2.26. The Morgan fingerprint density at radius 1 is 1.12 bits per heavy atom. The minimum atomic E-state index is -0.120. The number of carbonyl (C=O) groups excluding carboxylic acids is 2. The van der Waals surface area contributed by atoms with Crippen molar-refractivity contribution >= 4 is 79.6 Å². The van der Waals surface area contributed by atoms with Crippen molar-refractivity contribution in [2.45, 2.75) is 13.5 Å². The summed E-state index contributed by atoms with van der Waals surface area (Å²) in [6, 6.07) is 18.1. The fourth-order valence-corrected chi connectivity index (χ4v) is 6.34. The van der Waals surface area contributed by atoms with Crippen molar-refractivity contribution in [1.82, 2.24) is 9.80 Å². The number of nitrogens with zero attached hydrogens (tertiary/aromatic N) is 3. The Kier molecular flexibility index (Phi) is 9.72. The van der Waals surface area contributed by atoms with Gasteiger partial charge >= 0.3 is 0 Å². The van der Waals surface area contributed by atoms with E-state index in [4.69, 9.17) is 37.7 Å². The molecule has 5 rings (SSSR count).